The van der Waals surface area contributed by atoms with E-state index in [0.29, 0.717) is 5.69 Å². The summed E-state index contributed by atoms with van der Waals surface area (Å²) in [5.74, 6) is 0.0147. The first-order valence-corrected chi connectivity index (χ1v) is 7.38. The number of aromatic nitrogens is 2. The molecule has 0 aliphatic carbocycles. The molecule has 3 rings (SSSR count). The number of benzene rings is 1. The third-order valence-corrected chi connectivity index (χ3v) is 3.83. The Hall–Kier alpha value is -2.30. The Morgan fingerprint density at radius 3 is 2.95 bits per heavy atom. The normalized spacial score (nSPS) is 14.3. The number of carbonyl (C=O) groups excluding carboxylic acids is 1. The number of aryl methyl sites for hydroxylation is 2. The summed E-state index contributed by atoms with van der Waals surface area (Å²) in [6.45, 7) is 3.64. The van der Waals surface area contributed by atoms with E-state index in [1.165, 1.54) is 0 Å². The van der Waals surface area contributed by atoms with Crippen LogP contribution in [0.2, 0.25) is 0 Å². The Labute approximate surface area is 124 Å². The van der Waals surface area contributed by atoms with Crippen molar-refractivity contribution in [2.75, 3.05) is 23.3 Å². The molecular formula is C16H20N4O. The van der Waals surface area contributed by atoms with Crippen LogP contribution in [0.5, 0.6) is 0 Å². The summed E-state index contributed by atoms with van der Waals surface area (Å²) >= 11 is 0. The fraction of sp³-hybridized carbons (Fsp3) is 0.375. The molecule has 1 aromatic heterocycles. The number of rotatable bonds is 2. The lowest BCUT2D eigenvalue weighted by Gasteiger charge is -2.22. The predicted molar refractivity (Wildman–Crippen MR) is 83.8 cm³/mol. The van der Waals surface area contributed by atoms with Gasteiger partial charge in [-0.15, -0.1) is 0 Å². The van der Waals surface area contributed by atoms with E-state index >= 15 is 0 Å². The maximum atomic E-state index is 12.9. The SMILES string of the molecule is CCc1cc(C(=O)N2CCCNc3ccccc32)n(C)n1. The Morgan fingerprint density at radius 1 is 1.38 bits per heavy atom. The molecule has 0 unspecified atom stereocenters. The van der Waals surface area contributed by atoms with Crippen molar-refractivity contribution >= 4 is 17.3 Å². The standard InChI is InChI=1S/C16H20N4O/c1-3-12-11-15(19(2)18-12)16(21)20-10-6-9-17-13-7-4-5-8-14(13)20/h4-5,7-8,11,17H,3,6,9-10H2,1-2H3. The van der Waals surface area contributed by atoms with E-state index in [1.54, 1.807) is 4.68 Å². The molecule has 1 aliphatic heterocycles. The van der Waals surface area contributed by atoms with Crippen molar-refractivity contribution in [3.05, 3.63) is 41.7 Å². The van der Waals surface area contributed by atoms with Crippen LogP contribution in [-0.2, 0) is 13.5 Å². The van der Waals surface area contributed by atoms with Crippen LogP contribution in [0.1, 0.15) is 29.5 Å². The van der Waals surface area contributed by atoms with Gasteiger partial charge in [0.25, 0.3) is 5.91 Å². The van der Waals surface area contributed by atoms with Crippen molar-refractivity contribution in [2.45, 2.75) is 19.8 Å². The Bertz CT molecular complexity index is 662. The monoisotopic (exact) mass is 284 g/mol. The van der Waals surface area contributed by atoms with Crippen molar-refractivity contribution in [3.63, 3.8) is 0 Å². The highest BCUT2D eigenvalue weighted by Gasteiger charge is 2.24. The lowest BCUT2D eigenvalue weighted by molar-refractivity contribution is 0.0978. The number of para-hydroxylation sites is 2. The maximum absolute atomic E-state index is 12.9. The number of anilines is 2. The van der Waals surface area contributed by atoms with Crippen molar-refractivity contribution in [1.82, 2.24) is 9.78 Å². The fourth-order valence-corrected chi connectivity index (χ4v) is 2.69. The zero-order chi connectivity index (χ0) is 14.8. The Kier molecular flexibility index (Phi) is 3.64. The zero-order valence-electron chi connectivity index (χ0n) is 12.5. The van der Waals surface area contributed by atoms with Gasteiger partial charge >= 0.3 is 0 Å². The van der Waals surface area contributed by atoms with Crippen LogP contribution in [-0.4, -0.2) is 28.8 Å². The van der Waals surface area contributed by atoms with Crippen LogP contribution >= 0.6 is 0 Å². The minimum absolute atomic E-state index is 0.0147. The summed E-state index contributed by atoms with van der Waals surface area (Å²) in [4.78, 5) is 14.8. The third kappa shape index (κ3) is 2.51. The summed E-state index contributed by atoms with van der Waals surface area (Å²) < 4.78 is 1.68. The van der Waals surface area contributed by atoms with Gasteiger partial charge in [-0.3, -0.25) is 9.48 Å². The second-order valence-electron chi connectivity index (χ2n) is 5.25. The highest BCUT2D eigenvalue weighted by Crippen LogP contribution is 2.29. The summed E-state index contributed by atoms with van der Waals surface area (Å²) in [6, 6.07) is 9.85. The number of nitrogens with one attached hydrogen (secondary N) is 1. The van der Waals surface area contributed by atoms with Gasteiger partial charge in [0.1, 0.15) is 5.69 Å². The molecule has 0 saturated heterocycles. The minimum Gasteiger partial charge on any atom is -0.383 e. The highest BCUT2D eigenvalue weighted by molar-refractivity contribution is 6.07. The quantitative estimate of drug-likeness (QED) is 0.921. The molecule has 1 aromatic carbocycles. The molecule has 1 amide bonds. The summed E-state index contributed by atoms with van der Waals surface area (Å²) in [5, 5.41) is 7.75. The van der Waals surface area contributed by atoms with Crippen LogP contribution in [0, 0.1) is 0 Å². The maximum Gasteiger partial charge on any atom is 0.276 e. The van der Waals surface area contributed by atoms with Crippen molar-refractivity contribution in [3.8, 4) is 0 Å². The largest absolute Gasteiger partial charge is 0.383 e. The summed E-state index contributed by atoms with van der Waals surface area (Å²) in [7, 11) is 1.83. The molecule has 0 radical (unpaired) electrons. The molecule has 110 valence electrons. The molecule has 0 fully saturated rings. The van der Waals surface area contributed by atoms with Crippen molar-refractivity contribution in [1.29, 1.82) is 0 Å². The first-order valence-electron chi connectivity index (χ1n) is 7.38. The molecule has 0 saturated carbocycles. The van der Waals surface area contributed by atoms with Gasteiger partial charge in [-0.2, -0.15) is 5.10 Å². The van der Waals surface area contributed by atoms with Gasteiger partial charge in [0, 0.05) is 20.1 Å². The highest BCUT2D eigenvalue weighted by atomic mass is 16.2. The minimum atomic E-state index is 0.0147. The molecule has 1 aliphatic rings. The lowest BCUT2D eigenvalue weighted by atomic mass is 10.2. The van der Waals surface area contributed by atoms with Crippen molar-refractivity contribution in [2.24, 2.45) is 7.05 Å². The van der Waals surface area contributed by atoms with E-state index in [2.05, 4.69) is 10.4 Å². The fourth-order valence-electron chi connectivity index (χ4n) is 2.69. The van der Waals surface area contributed by atoms with Crippen LogP contribution in [0.25, 0.3) is 0 Å². The van der Waals surface area contributed by atoms with E-state index in [1.807, 2.05) is 49.2 Å². The number of hydrogen-bond acceptors (Lipinski definition) is 3. The van der Waals surface area contributed by atoms with E-state index in [9.17, 15) is 4.79 Å². The van der Waals surface area contributed by atoms with Gasteiger partial charge in [0.05, 0.1) is 17.1 Å². The van der Waals surface area contributed by atoms with Gasteiger partial charge in [-0.05, 0) is 31.0 Å². The smallest absolute Gasteiger partial charge is 0.276 e. The molecular weight excluding hydrogens is 264 g/mol. The number of carbonyl (C=O) groups is 1. The van der Waals surface area contributed by atoms with Gasteiger partial charge in [-0.1, -0.05) is 19.1 Å². The van der Waals surface area contributed by atoms with Crippen LogP contribution < -0.4 is 10.2 Å². The summed E-state index contributed by atoms with van der Waals surface area (Å²) in [5.41, 5.74) is 3.55. The van der Waals surface area contributed by atoms with Crippen LogP contribution in [0.3, 0.4) is 0 Å². The molecule has 1 N–H and O–H groups in total. The first kappa shape index (κ1) is 13.7. The molecule has 21 heavy (non-hydrogen) atoms. The number of nitrogens with zero attached hydrogens (tertiary/aromatic N) is 3. The van der Waals surface area contributed by atoms with E-state index in [4.69, 9.17) is 0 Å². The first-order chi connectivity index (χ1) is 10.2. The van der Waals surface area contributed by atoms with Crippen molar-refractivity contribution < 1.29 is 4.79 Å². The second-order valence-corrected chi connectivity index (χ2v) is 5.25. The number of hydrogen-bond donors (Lipinski definition) is 1. The molecule has 0 spiro atoms. The van der Waals surface area contributed by atoms with E-state index < -0.39 is 0 Å². The van der Waals surface area contributed by atoms with E-state index in [0.717, 1.165) is 43.0 Å². The van der Waals surface area contributed by atoms with E-state index in [-0.39, 0.29) is 5.91 Å². The average Bonchev–Trinajstić information content (AvgIpc) is 2.75. The molecule has 5 heteroatoms. The zero-order valence-corrected chi connectivity index (χ0v) is 12.5. The van der Waals surface area contributed by atoms with Gasteiger partial charge in [-0.25, -0.2) is 0 Å². The average molecular weight is 284 g/mol. The Balaban J connectivity index is 1.99. The predicted octanol–water partition coefficient (Wildman–Crippen LogP) is 2.44. The molecule has 0 bridgehead atoms. The van der Waals surface area contributed by atoms with Gasteiger partial charge in [0.15, 0.2) is 0 Å². The third-order valence-electron chi connectivity index (χ3n) is 3.83. The molecule has 5 nitrogen and oxygen atoms in total. The van der Waals surface area contributed by atoms with Crippen LogP contribution in [0.4, 0.5) is 11.4 Å². The van der Waals surface area contributed by atoms with Gasteiger partial charge in [0.2, 0.25) is 0 Å². The Morgan fingerprint density at radius 2 is 2.19 bits per heavy atom. The topological polar surface area (TPSA) is 50.2 Å². The van der Waals surface area contributed by atoms with Crippen LogP contribution in [0.15, 0.2) is 30.3 Å². The number of fused-ring (bicyclic) bond motifs is 1. The molecule has 0 atom stereocenters. The number of amides is 1. The summed E-state index contributed by atoms with van der Waals surface area (Å²) in [6.07, 6.45) is 1.76. The van der Waals surface area contributed by atoms with Gasteiger partial charge < -0.3 is 10.2 Å². The second kappa shape index (κ2) is 5.60. The molecule has 2 heterocycles. The molecule has 2 aromatic rings. The lowest BCUT2D eigenvalue weighted by Crippen LogP contribution is -2.33.